The van der Waals surface area contributed by atoms with Gasteiger partial charge >= 0.3 is 5.97 Å². The second-order valence-electron chi connectivity index (χ2n) is 3.96. The topological polar surface area (TPSA) is 97.5 Å². The number of hydrogen-bond donors (Lipinski definition) is 1. The Balaban J connectivity index is 2.63. The molecule has 2 rings (SSSR count). The first-order valence-corrected chi connectivity index (χ1v) is 5.63. The van der Waals surface area contributed by atoms with Gasteiger partial charge in [0.1, 0.15) is 11.1 Å². The lowest BCUT2D eigenvalue weighted by molar-refractivity contribution is -0.385. The van der Waals surface area contributed by atoms with Crippen LogP contribution in [0, 0.1) is 10.1 Å². The normalized spacial score (nSPS) is 10.0. The van der Waals surface area contributed by atoms with Gasteiger partial charge in [-0.05, 0) is 12.1 Å². The summed E-state index contributed by atoms with van der Waals surface area (Å²) in [5, 5.41) is 20.0. The summed E-state index contributed by atoms with van der Waals surface area (Å²) in [4.78, 5) is 33.5. The third-order valence-corrected chi connectivity index (χ3v) is 2.73. The Hall–Kier alpha value is -3.02. The van der Waals surface area contributed by atoms with E-state index < -0.39 is 27.9 Å². The minimum absolute atomic E-state index is 0.235. The van der Waals surface area contributed by atoms with E-state index in [9.17, 15) is 19.7 Å². The lowest BCUT2D eigenvalue weighted by Gasteiger charge is -2.04. The average Bonchev–Trinajstić information content (AvgIpc) is 2.46. The molecule has 0 atom stereocenters. The number of nitro groups is 1. The fourth-order valence-electron chi connectivity index (χ4n) is 1.84. The van der Waals surface area contributed by atoms with Gasteiger partial charge in [-0.25, -0.2) is 4.79 Å². The number of carbonyl (C=O) groups is 2. The zero-order chi connectivity index (χ0) is 14.7. The molecule has 0 aliphatic rings. The van der Waals surface area contributed by atoms with Gasteiger partial charge in [-0.3, -0.25) is 14.9 Å². The van der Waals surface area contributed by atoms with E-state index in [2.05, 4.69) is 0 Å². The Kier molecular flexibility index (Phi) is 3.56. The summed E-state index contributed by atoms with van der Waals surface area (Å²) < 4.78 is 0. The molecule has 0 heterocycles. The van der Waals surface area contributed by atoms with Crippen molar-refractivity contribution in [2.24, 2.45) is 0 Å². The van der Waals surface area contributed by atoms with Crippen LogP contribution < -0.4 is 0 Å². The van der Waals surface area contributed by atoms with Crippen LogP contribution in [0.15, 0.2) is 48.5 Å². The summed E-state index contributed by atoms with van der Waals surface area (Å²) >= 11 is 0. The summed E-state index contributed by atoms with van der Waals surface area (Å²) in [6.07, 6.45) is 0. The number of carboxylic acid groups (broad SMARTS) is 1. The van der Waals surface area contributed by atoms with Gasteiger partial charge in [-0.1, -0.05) is 36.4 Å². The number of rotatable bonds is 4. The van der Waals surface area contributed by atoms with E-state index in [0.29, 0.717) is 0 Å². The van der Waals surface area contributed by atoms with Crippen molar-refractivity contribution in [1.29, 1.82) is 0 Å². The van der Waals surface area contributed by atoms with E-state index >= 15 is 0 Å². The second kappa shape index (κ2) is 5.31. The smallest absolute Gasteiger partial charge is 0.342 e. The SMILES string of the molecule is O=C(O)c1cccc(C(=O)c2ccccc2)c1[N+](=O)[O-]. The molecule has 0 fully saturated rings. The molecule has 0 amide bonds. The highest BCUT2D eigenvalue weighted by Gasteiger charge is 2.28. The van der Waals surface area contributed by atoms with E-state index in [1.807, 2.05) is 0 Å². The molecule has 6 nitrogen and oxygen atoms in total. The third-order valence-electron chi connectivity index (χ3n) is 2.73. The largest absolute Gasteiger partial charge is 0.477 e. The monoisotopic (exact) mass is 271 g/mol. The maximum Gasteiger partial charge on any atom is 0.342 e. The minimum atomic E-state index is -1.44. The minimum Gasteiger partial charge on any atom is -0.477 e. The van der Waals surface area contributed by atoms with Gasteiger partial charge in [0.05, 0.1) is 4.92 Å². The van der Waals surface area contributed by atoms with Crippen molar-refractivity contribution in [3.63, 3.8) is 0 Å². The van der Waals surface area contributed by atoms with E-state index in [4.69, 9.17) is 5.11 Å². The molecule has 0 aliphatic carbocycles. The highest BCUT2D eigenvalue weighted by molar-refractivity contribution is 6.13. The number of nitrogens with zero attached hydrogens (tertiary/aromatic N) is 1. The predicted octanol–water partition coefficient (Wildman–Crippen LogP) is 2.52. The fourth-order valence-corrected chi connectivity index (χ4v) is 1.84. The number of aromatic carboxylic acids is 1. The molecule has 20 heavy (non-hydrogen) atoms. The van der Waals surface area contributed by atoms with E-state index in [-0.39, 0.29) is 11.1 Å². The van der Waals surface area contributed by atoms with Gasteiger partial charge in [0.25, 0.3) is 5.69 Å². The Morgan fingerprint density at radius 3 is 2.10 bits per heavy atom. The van der Waals surface area contributed by atoms with Gasteiger partial charge < -0.3 is 5.11 Å². The van der Waals surface area contributed by atoms with Crippen LogP contribution in [-0.4, -0.2) is 21.8 Å². The van der Waals surface area contributed by atoms with Gasteiger partial charge in [0.15, 0.2) is 5.78 Å². The maximum absolute atomic E-state index is 12.2. The number of hydrogen-bond acceptors (Lipinski definition) is 4. The number of nitro benzene ring substituents is 1. The molecule has 0 aliphatic heterocycles. The Morgan fingerprint density at radius 2 is 1.55 bits per heavy atom. The fraction of sp³-hybridized carbons (Fsp3) is 0. The van der Waals surface area contributed by atoms with Crippen molar-refractivity contribution in [3.8, 4) is 0 Å². The molecule has 0 bridgehead atoms. The van der Waals surface area contributed by atoms with Crippen LogP contribution in [0.25, 0.3) is 0 Å². The van der Waals surface area contributed by atoms with Crippen LogP contribution >= 0.6 is 0 Å². The summed E-state index contributed by atoms with van der Waals surface area (Å²) in [7, 11) is 0. The molecule has 100 valence electrons. The predicted molar refractivity (Wildman–Crippen MR) is 69.9 cm³/mol. The molecule has 0 spiro atoms. The number of para-hydroxylation sites is 1. The standard InChI is InChI=1S/C14H9NO5/c16-13(9-5-2-1-3-6-9)10-7-4-8-11(14(17)18)12(10)15(19)20/h1-8H,(H,17,18). The lowest BCUT2D eigenvalue weighted by atomic mass is 9.99. The number of carbonyl (C=O) groups excluding carboxylic acids is 1. The summed E-state index contributed by atoms with van der Waals surface area (Å²) in [6, 6.07) is 11.6. The van der Waals surface area contributed by atoms with E-state index in [0.717, 1.165) is 6.07 Å². The average molecular weight is 271 g/mol. The molecule has 0 unspecified atom stereocenters. The molecule has 6 heteroatoms. The molecular formula is C14H9NO5. The summed E-state index contributed by atoms with van der Waals surface area (Å²) in [5.74, 6) is -2.03. The summed E-state index contributed by atoms with van der Waals surface area (Å²) in [5.41, 5.74) is -1.16. The first kappa shape index (κ1) is 13.4. The zero-order valence-electron chi connectivity index (χ0n) is 10.1. The van der Waals surface area contributed by atoms with Gasteiger partial charge in [-0.2, -0.15) is 0 Å². The van der Waals surface area contributed by atoms with Crippen LogP contribution in [0.5, 0.6) is 0 Å². The van der Waals surface area contributed by atoms with Crippen molar-refractivity contribution in [3.05, 3.63) is 75.3 Å². The van der Waals surface area contributed by atoms with Crippen molar-refractivity contribution in [1.82, 2.24) is 0 Å². The van der Waals surface area contributed by atoms with Crippen molar-refractivity contribution in [2.75, 3.05) is 0 Å². The Bertz CT molecular complexity index is 694. The lowest BCUT2D eigenvalue weighted by Crippen LogP contribution is -2.10. The molecular weight excluding hydrogens is 262 g/mol. The molecule has 2 aromatic rings. The maximum atomic E-state index is 12.2. The highest BCUT2D eigenvalue weighted by Crippen LogP contribution is 2.26. The van der Waals surface area contributed by atoms with Crippen LogP contribution in [0.2, 0.25) is 0 Å². The number of benzene rings is 2. The molecule has 2 aromatic carbocycles. The Labute approximate surface area is 113 Å². The van der Waals surface area contributed by atoms with Crippen LogP contribution in [-0.2, 0) is 0 Å². The van der Waals surface area contributed by atoms with E-state index in [1.165, 1.54) is 24.3 Å². The van der Waals surface area contributed by atoms with E-state index in [1.54, 1.807) is 18.2 Å². The quantitative estimate of drug-likeness (QED) is 0.523. The Morgan fingerprint density at radius 1 is 0.950 bits per heavy atom. The van der Waals surface area contributed by atoms with Crippen LogP contribution in [0.3, 0.4) is 0 Å². The van der Waals surface area contributed by atoms with Gasteiger partial charge in [-0.15, -0.1) is 0 Å². The van der Waals surface area contributed by atoms with Gasteiger partial charge in [0.2, 0.25) is 0 Å². The molecule has 0 radical (unpaired) electrons. The summed E-state index contributed by atoms with van der Waals surface area (Å²) in [6.45, 7) is 0. The van der Waals surface area contributed by atoms with Crippen LogP contribution in [0.4, 0.5) is 5.69 Å². The van der Waals surface area contributed by atoms with Crippen molar-refractivity contribution < 1.29 is 19.6 Å². The zero-order valence-corrected chi connectivity index (χ0v) is 10.1. The first-order valence-electron chi connectivity index (χ1n) is 5.63. The number of ketones is 1. The molecule has 0 aromatic heterocycles. The molecule has 1 N–H and O–H groups in total. The number of carboxylic acids is 1. The molecule has 0 saturated carbocycles. The second-order valence-corrected chi connectivity index (χ2v) is 3.96. The highest BCUT2D eigenvalue weighted by atomic mass is 16.6. The first-order chi connectivity index (χ1) is 9.52. The third kappa shape index (κ3) is 2.39. The van der Waals surface area contributed by atoms with Gasteiger partial charge in [0, 0.05) is 5.56 Å². The molecule has 0 saturated heterocycles. The van der Waals surface area contributed by atoms with Crippen LogP contribution in [0.1, 0.15) is 26.3 Å². The van der Waals surface area contributed by atoms with Crippen molar-refractivity contribution in [2.45, 2.75) is 0 Å². The van der Waals surface area contributed by atoms with Crippen molar-refractivity contribution >= 4 is 17.4 Å².